The van der Waals surface area contributed by atoms with Crippen LogP contribution in [0.1, 0.15) is 37.4 Å². The first kappa shape index (κ1) is 13.6. The fourth-order valence-electron chi connectivity index (χ4n) is 1.11. The van der Waals surface area contributed by atoms with Gasteiger partial charge in [-0.3, -0.25) is 4.79 Å². The van der Waals surface area contributed by atoms with Gasteiger partial charge in [-0.1, -0.05) is 0 Å². The van der Waals surface area contributed by atoms with Crippen molar-refractivity contribution >= 4 is 23.4 Å². The van der Waals surface area contributed by atoms with Gasteiger partial charge in [0.25, 0.3) is 0 Å². The van der Waals surface area contributed by atoms with Gasteiger partial charge in [-0.2, -0.15) is 0 Å². The van der Waals surface area contributed by atoms with Crippen LogP contribution >= 0.6 is 11.5 Å². The van der Waals surface area contributed by atoms with Crippen molar-refractivity contribution in [3.8, 4) is 0 Å². The molecule has 1 aromatic heterocycles. The van der Waals surface area contributed by atoms with Gasteiger partial charge >= 0.3 is 6.09 Å². The Balaban J connectivity index is 2.52. The average molecular weight is 256 g/mol. The number of hydrogen-bond donors (Lipinski definition) is 1. The number of ketones is 1. The molecule has 94 valence electrons. The van der Waals surface area contributed by atoms with E-state index in [0.29, 0.717) is 4.88 Å². The predicted octanol–water partition coefficient (Wildman–Crippen LogP) is 2.24. The summed E-state index contributed by atoms with van der Waals surface area (Å²) in [6.45, 7) is 6.92. The summed E-state index contributed by atoms with van der Waals surface area (Å²) >= 11 is 1.11. The smallest absolute Gasteiger partial charge is 0.408 e. The number of rotatable bonds is 3. The summed E-state index contributed by atoms with van der Waals surface area (Å²) in [6.07, 6.45) is 0.959. The molecule has 1 atom stereocenters. The van der Waals surface area contributed by atoms with Gasteiger partial charge in [0.2, 0.25) is 0 Å². The molecule has 17 heavy (non-hydrogen) atoms. The minimum Gasteiger partial charge on any atom is -0.444 e. The third-order valence-corrected chi connectivity index (χ3v) is 2.57. The van der Waals surface area contributed by atoms with Gasteiger partial charge in [0, 0.05) is 6.20 Å². The van der Waals surface area contributed by atoms with E-state index in [9.17, 15) is 9.59 Å². The number of alkyl carbamates (subject to hydrolysis) is 1. The lowest BCUT2D eigenvalue weighted by molar-refractivity contribution is 0.0497. The Labute approximate surface area is 104 Å². The molecule has 0 aliphatic carbocycles. The minimum atomic E-state index is -0.620. The molecule has 1 amide bonds. The molecule has 6 heteroatoms. The number of amides is 1. The summed E-state index contributed by atoms with van der Waals surface area (Å²) in [5.74, 6) is -0.168. The maximum absolute atomic E-state index is 11.8. The van der Waals surface area contributed by atoms with Crippen LogP contribution in [0.5, 0.6) is 0 Å². The molecular formula is C11H16N2O3S. The Hall–Kier alpha value is -1.43. The molecule has 1 aromatic rings. The fourth-order valence-corrected chi connectivity index (χ4v) is 1.73. The second-order valence-corrected chi connectivity index (χ2v) is 5.44. The molecule has 0 saturated carbocycles. The summed E-state index contributed by atoms with van der Waals surface area (Å²) in [7, 11) is 0. The number of nitrogens with one attached hydrogen (secondary N) is 1. The molecule has 0 bridgehead atoms. The molecule has 5 nitrogen and oxygen atoms in total. The molecule has 0 aromatic carbocycles. The Morgan fingerprint density at radius 3 is 2.59 bits per heavy atom. The van der Waals surface area contributed by atoms with Crippen molar-refractivity contribution in [2.45, 2.75) is 39.3 Å². The van der Waals surface area contributed by atoms with Crippen LogP contribution in [-0.2, 0) is 4.74 Å². The SMILES string of the molecule is C[C@H](NC(=O)OC(C)(C)C)C(=O)c1ccns1. The van der Waals surface area contributed by atoms with E-state index in [0.717, 1.165) is 11.5 Å². The molecule has 1 N–H and O–H groups in total. The second kappa shape index (κ2) is 5.27. The molecule has 0 spiro atoms. The van der Waals surface area contributed by atoms with Gasteiger partial charge in [-0.05, 0) is 45.3 Å². The summed E-state index contributed by atoms with van der Waals surface area (Å²) in [4.78, 5) is 23.8. The number of nitrogens with zero attached hydrogens (tertiary/aromatic N) is 1. The van der Waals surface area contributed by atoms with E-state index >= 15 is 0 Å². The highest BCUT2D eigenvalue weighted by molar-refractivity contribution is 7.08. The van der Waals surface area contributed by atoms with Crippen LogP contribution in [0.4, 0.5) is 4.79 Å². The lowest BCUT2D eigenvalue weighted by Crippen LogP contribution is -2.41. The lowest BCUT2D eigenvalue weighted by Gasteiger charge is -2.21. The number of aromatic nitrogens is 1. The van der Waals surface area contributed by atoms with Crippen molar-refractivity contribution in [3.63, 3.8) is 0 Å². The third kappa shape index (κ3) is 4.52. The molecule has 0 aliphatic rings. The van der Waals surface area contributed by atoms with E-state index in [1.807, 2.05) is 0 Å². The number of ether oxygens (including phenoxy) is 1. The largest absolute Gasteiger partial charge is 0.444 e. The van der Waals surface area contributed by atoms with Crippen molar-refractivity contribution in [3.05, 3.63) is 17.1 Å². The highest BCUT2D eigenvalue weighted by atomic mass is 32.1. The quantitative estimate of drug-likeness (QED) is 0.842. The molecule has 1 rings (SSSR count). The van der Waals surface area contributed by atoms with E-state index in [-0.39, 0.29) is 5.78 Å². The third-order valence-electron chi connectivity index (χ3n) is 1.81. The van der Waals surface area contributed by atoms with Gasteiger partial charge < -0.3 is 10.1 Å². The van der Waals surface area contributed by atoms with Crippen LogP contribution in [0.15, 0.2) is 12.3 Å². The normalized spacial score (nSPS) is 12.9. The number of Topliss-reactive ketones (excluding diaryl/α,β-unsaturated/α-hetero) is 1. The van der Waals surface area contributed by atoms with Gasteiger partial charge in [0.1, 0.15) is 5.60 Å². The number of carbonyl (C=O) groups is 2. The first-order valence-corrected chi connectivity index (χ1v) is 6.01. The van der Waals surface area contributed by atoms with E-state index in [2.05, 4.69) is 9.69 Å². The maximum atomic E-state index is 11.8. The zero-order valence-electron chi connectivity index (χ0n) is 10.3. The van der Waals surface area contributed by atoms with Gasteiger partial charge in [0.15, 0.2) is 5.78 Å². The van der Waals surface area contributed by atoms with E-state index < -0.39 is 17.7 Å². The van der Waals surface area contributed by atoms with Gasteiger partial charge in [0.05, 0.1) is 10.9 Å². The van der Waals surface area contributed by atoms with Crippen LogP contribution < -0.4 is 5.32 Å². The first-order chi connectivity index (χ1) is 7.79. The van der Waals surface area contributed by atoms with Gasteiger partial charge in [-0.15, -0.1) is 0 Å². The van der Waals surface area contributed by atoms with Crippen LogP contribution in [0.3, 0.4) is 0 Å². The second-order valence-electron chi connectivity index (χ2n) is 4.61. The summed E-state index contributed by atoms with van der Waals surface area (Å²) in [5.41, 5.74) is -0.572. The van der Waals surface area contributed by atoms with Crippen molar-refractivity contribution in [1.29, 1.82) is 0 Å². The van der Waals surface area contributed by atoms with Crippen molar-refractivity contribution in [1.82, 2.24) is 9.69 Å². The van der Waals surface area contributed by atoms with Crippen LogP contribution in [0, 0.1) is 0 Å². The topological polar surface area (TPSA) is 68.3 Å². The maximum Gasteiger partial charge on any atom is 0.408 e. The highest BCUT2D eigenvalue weighted by Crippen LogP contribution is 2.10. The van der Waals surface area contributed by atoms with Crippen molar-refractivity contribution < 1.29 is 14.3 Å². The summed E-state index contributed by atoms with van der Waals surface area (Å²) in [6, 6.07) is 1.01. The fraction of sp³-hybridized carbons (Fsp3) is 0.545. The zero-order chi connectivity index (χ0) is 13.1. The number of hydrogen-bond acceptors (Lipinski definition) is 5. The Kier molecular flexibility index (Phi) is 4.22. The molecular weight excluding hydrogens is 240 g/mol. The molecule has 0 radical (unpaired) electrons. The van der Waals surface area contributed by atoms with Crippen LogP contribution in [0.2, 0.25) is 0 Å². The van der Waals surface area contributed by atoms with E-state index in [4.69, 9.17) is 4.74 Å². The Morgan fingerprint density at radius 2 is 2.12 bits per heavy atom. The lowest BCUT2D eigenvalue weighted by atomic mass is 10.2. The molecule has 1 heterocycles. The van der Waals surface area contributed by atoms with Gasteiger partial charge in [-0.25, -0.2) is 9.17 Å². The summed E-state index contributed by atoms with van der Waals surface area (Å²) in [5, 5.41) is 2.49. The Morgan fingerprint density at radius 1 is 1.47 bits per heavy atom. The Bertz CT molecular complexity index is 395. The average Bonchev–Trinajstić information content (AvgIpc) is 2.65. The van der Waals surface area contributed by atoms with Crippen LogP contribution in [-0.4, -0.2) is 27.9 Å². The predicted molar refractivity (Wildman–Crippen MR) is 65.3 cm³/mol. The first-order valence-electron chi connectivity index (χ1n) is 5.24. The van der Waals surface area contributed by atoms with Crippen molar-refractivity contribution in [2.75, 3.05) is 0 Å². The standard InChI is InChI=1S/C11H16N2O3S/c1-7(9(14)8-5-6-12-17-8)13-10(15)16-11(2,3)4/h5-7H,1-4H3,(H,13,15)/t7-/m0/s1. The summed E-state index contributed by atoms with van der Waals surface area (Å²) < 4.78 is 8.90. The van der Waals surface area contributed by atoms with Crippen molar-refractivity contribution in [2.24, 2.45) is 0 Å². The molecule has 0 aliphatic heterocycles. The van der Waals surface area contributed by atoms with E-state index in [1.54, 1.807) is 40.0 Å². The minimum absolute atomic E-state index is 0.168. The number of carbonyl (C=O) groups excluding carboxylic acids is 2. The van der Waals surface area contributed by atoms with Crippen LogP contribution in [0.25, 0.3) is 0 Å². The molecule has 0 fully saturated rings. The van der Waals surface area contributed by atoms with E-state index in [1.165, 1.54) is 0 Å². The zero-order valence-corrected chi connectivity index (χ0v) is 11.1. The monoisotopic (exact) mass is 256 g/mol. The molecule has 0 unspecified atom stereocenters. The highest BCUT2D eigenvalue weighted by Gasteiger charge is 2.22. The molecule has 0 saturated heterocycles.